The Balaban J connectivity index is 1.58. The van der Waals surface area contributed by atoms with Crippen molar-refractivity contribution in [2.24, 2.45) is 11.7 Å². The van der Waals surface area contributed by atoms with Crippen molar-refractivity contribution in [3.05, 3.63) is 16.0 Å². The Kier molecular flexibility index (Phi) is 6.05. The molecule has 3 amide bonds. The molecule has 8 nitrogen and oxygen atoms in total. The first-order valence-electron chi connectivity index (χ1n) is 8.66. The van der Waals surface area contributed by atoms with Crippen LogP contribution in [-0.4, -0.2) is 53.4 Å². The van der Waals surface area contributed by atoms with E-state index in [2.05, 4.69) is 12.2 Å². The summed E-state index contributed by atoms with van der Waals surface area (Å²) in [5.74, 6) is -0.591. The highest BCUT2D eigenvalue weighted by Crippen LogP contribution is 2.39. The van der Waals surface area contributed by atoms with Gasteiger partial charge >= 0.3 is 5.97 Å². The first-order chi connectivity index (χ1) is 12.8. The van der Waals surface area contributed by atoms with E-state index in [-0.39, 0.29) is 11.8 Å². The molecule has 1 aromatic heterocycles. The third-order valence-electron chi connectivity index (χ3n) is 4.54. The maximum atomic E-state index is 12.2. The lowest BCUT2D eigenvalue weighted by molar-refractivity contribution is -0.147. The largest absolute Gasteiger partial charge is 0.454 e. The molecule has 0 aromatic carbocycles. The summed E-state index contributed by atoms with van der Waals surface area (Å²) in [4.78, 5) is 49.7. The molecule has 2 aliphatic rings. The van der Waals surface area contributed by atoms with Crippen LogP contribution in [0.15, 0.2) is 0 Å². The van der Waals surface area contributed by atoms with Gasteiger partial charge in [0.1, 0.15) is 11.5 Å². The van der Waals surface area contributed by atoms with E-state index in [9.17, 15) is 19.2 Å². The number of nitrogens with one attached hydrogen (secondary N) is 1. The van der Waals surface area contributed by atoms with Gasteiger partial charge in [-0.1, -0.05) is 18.7 Å². The Bertz CT molecular complexity index is 792. The van der Waals surface area contributed by atoms with E-state index in [1.807, 2.05) is 0 Å². The number of nitrogens with two attached hydrogens (primary N) is 1. The van der Waals surface area contributed by atoms with Gasteiger partial charge in [0.05, 0.1) is 5.56 Å². The number of anilines is 1. The van der Waals surface area contributed by atoms with Crippen LogP contribution in [0.4, 0.5) is 9.80 Å². The van der Waals surface area contributed by atoms with Gasteiger partial charge in [-0.15, -0.1) is 11.3 Å². The minimum absolute atomic E-state index is 0.166. The fourth-order valence-electron chi connectivity index (χ4n) is 3.18. The number of thiophene rings is 1. The number of hydrogen-bond acceptors (Lipinski definition) is 7. The van der Waals surface area contributed by atoms with E-state index in [0.717, 1.165) is 41.5 Å². The molecule has 27 heavy (non-hydrogen) atoms. The number of carbonyl (C=O) groups is 4. The molecule has 10 heteroatoms. The second kappa shape index (κ2) is 8.30. The summed E-state index contributed by atoms with van der Waals surface area (Å²) < 4.78 is 4.94. The summed E-state index contributed by atoms with van der Waals surface area (Å²) in [6.45, 7) is 1.99. The lowest BCUT2D eigenvalue weighted by Crippen LogP contribution is -2.32. The molecule has 1 saturated heterocycles. The van der Waals surface area contributed by atoms with Gasteiger partial charge in [0.2, 0.25) is 0 Å². The second-order valence-corrected chi connectivity index (χ2v) is 8.82. The average Bonchev–Trinajstić information content (AvgIpc) is 3.15. The van der Waals surface area contributed by atoms with Gasteiger partial charge in [-0.05, 0) is 30.7 Å². The predicted molar refractivity (Wildman–Crippen MR) is 103 cm³/mol. The lowest BCUT2D eigenvalue weighted by Gasteiger charge is -2.18. The smallest absolute Gasteiger partial charge is 0.326 e. The molecular weight excluding hydrogens is 390 g/mol. The second-order valence-electron chi connectivity index (χ2n) is 6.66. The molecule has 0 saturated carbocycles. The molecule has 3 N–H and O–H groups in total. The average molecular weight is 412 g/mol. The molecule has 0 radical (unpaired) electrons. The first-order valence-corrected chi connectivity index (χ1v) is 10.5. The van der Waals surface area contributed by atoms with Crippen molar-refractivity contribution in [2.45, 2.75) is 26.2 Å². The van der Waals surface area contributed by atoms with Crippen molar-refractivity contribution in [3.8, 4) is 0 Å². The molecule has 1 aromatic rings. The summed E-state index contributed by atoms with van der Waals surface area (Å²) >= 11 is 2.50. The van der Waals surface area contributed by atoms with Crippen LogP contribution >= 0.6 is 23.1 Å². The molecule has 1 fully saturated rings. The van der Waals surface area contributed by atoms with Crippen LogP contribution in [0, 0.1) is 5.92 Å². The van der Waals surface area contributed by atoms with E-state index in [4.69, 9.17) is 10.5 Å². The zero-order valence-corrected chi connectivity index (χ0v) is 16.5. The van der Waals surface area contributed by atoms with Crippen molar-refractivity contribution in [1.82, 2.24) is 4.90 Å². The Labute approximate surface area is 164 Å². The van der Waals surface area contributed by atoms with Gasteiger partial charge in [0.25, 0.3) is 17.1 Å². The summed E-state index contributed by atoms with van der Waals surface area (Å²) in [7, 11) is 0. The first kappa shape index (κ1) is 19.7. The van der Waals surface area contributed by atoms with E-state index in [1.54, 1.807) is 0 Å². The third kappa shape index (κ3) is 4.62. The topological polar surface area (TPSA) is 119 Å². The van der Waals surface area contributed by atoms with Crippen LogP contribution in [0.5, 0.6) is 0 Å². The molecule has 0 bridgehead atoms. The van der Waals surface area contributed by atoms with E-state index >= 15 is 0 Å². The van der Waals surface area contributed by atoms with Crippen LogP contribution in [0.25, 0.3) is 0 Å². The highest BCUT2D eigenvalue weighted by molar-refractivity contribution is 8.13. The summed E-state index contributed by atoms with van der Waals surface area (Å²) in [6, 6.07) is 0. The zero-order valence-electron chi connectivity index (χ0n) is 14.9. The fraction of sp³-hybridized carbons (Fsp3) is 0.529. The van der Waals surface area contributed by atoms with Gasteiger partial charge in [-0.2, -0.15) is 0 Å². The fourth-order valence-corrected chi connectivity index (χ4v) is 5.44. The maximum Gasteiger partial charge on any atom is 0.326 e. The van der Waals surface area contributed by atoms with Gasteiger partial charge in [-0.25, -0.2) is 0 Å². The number of thioether (sulfide) groups is 1. The summed E-state index contributed by atoms with van der Waals surface area (Å²) in [5.41, 5.74) is 6.79. The Morgan fingerprint density at radius 1 is 1.37 bits per heavy atom. The van der Waals surface area contributed by atoms with Gasteiger partial charge in [0.15, 0.2) is 6.61 Å². The monoisotopic (exact) mass is 411 g/mol. The number of carbonyl (C=O) groups excluding carboxylic acids is 4. The SMILES string of the molecule is C[C@H]1CCc2c(sc(NC(=O)COC(=O)CN3CCSC3=O)c2C(N)=O)C1. The van der Waals surface area contributed by atoms with Crippen molar-refractivity contribution in [3.63, 3.8) is 0 Å². The maximum absolute atomic E-state index is 12.2. The van der Waals surface area contributed by atoms with E-state index in [0.29, 0.717) is 28.8 Å². The molecule has 0 unspecified atom stereocenters. The van der Waals surface area contributed by atoms with Crippen molar-refractivity contribution >= 4 is 51.1 Å². The molecule has 1 atom stereocenters. The lowest BCUT2D eigenvalue weighted by atomic mass is 9.88. The minimum atomic E-state index is -0.643. The number of esters is 1. The number of hydrogen-bond donors (Lipinski definition) is 2. The highest BCUT2D eigenvalue weighted by atomic mass is 32.2. The summed E-state index contributed by atoms with van der Waals surface area (Å²) in [5, 5.41) is 2.88. The standard InChI is InChI=1S/C17H21N3O5S2/c1-9-2-3-10-11(6-9)27-16(14(10)15(18)23)19-12(21)8-25-13(22)7-20-4-5-26-17(20)24/h9H,2-8H2,1H3,(H2,18,23)(H,19,21)/t9-/m0/s1. The van der Waals surface area contributed by atoms with Crippen molar-refractivity contribution in [1.29, 1.82) is 0 Å². The van der Waals surface area contributed by atoms with Gasteiger partial charge < -0.3 is 20.7 Å². The summed E-state index contributed by atoms with van der Waals surface area (Å²) in [6.07, 6.45) is 2.59. The number of ether oxygens (including phenoxy) is 1. The number of nitrogens with zero attached hydrogens (tertiary/aromatic N) is 1. The number of primary amides is 1. The van der Waals surface area contributed by atoms with Crippen LogP contribution < -0.4 is 11.1 Å². The van der Waals surface area contributed by atoms with Crippen LogP contribution in [-0.2, 0) is 27.2 Å². The molecule has 1 aliphatic carbocycles. The van der Waals surface area contributed by atoms with E-state index < -0.39 is 24.4 Å². The number of fused-ring (bicyclic) bond motifs is 1. The predicted octanol–water partition coefficient (Wildman–Crippen LogP) is 1.62. The molecule has 3 rings (SSSR count). The van der Waals surface area contributed by atoms with Crippen LogP contribution in [0.3, 0.4) is 0 Å². The van der Waals surface area contributed by atoms with Crippen LogP contribution in [0.1, 0.15) is 34.1 Å². The van der Waals surface area contributed by atoms with Crippen LogP contribution in [0.2, 0.25) is 0 Å². The molecular formula is C17H21N3O5S2. The zero-order chi connectivity index (χ0) is 19.6. The quantitative estimate of drug-likeness (QED) is 0.687. The van der Waals surface area contributed by atoms with Crippen molar-refractivity contribution in [2.75, 3.05) is 30.8 Å². The Hall–Kier alpha value is -2.07. The number of amides is 3. The molecule has 2 heterocycles. The van der Waals surface area contributed by atoms with Gasteiger partial charge in [-0.3, -0.25) is 19.2 Å². The minimum Gasteiger partial charge on any atom is -0.454 e. The highest BCUT2D eigenvalue weighted by Gasteiger charge is 2.28. The molecule has 146 valence electrons. The van der Waals surface area contributed by atoms with Crippen molar-refractivity contribution < 1.29 is 23.9 Å². The third-order valence-corrected chi connectivity index (χ3v) is 6.60. The van der Waals surface area contributed by atoms with E-state index in [1.165, 1.54) is 16.2 Å². The molecule has 1 aliphatic heterocycles. The molecule has 0 spiro atoms. The Morgan fingerprint density at radius 3 is 2.81 bits per heavy atom. The number of rotatable bonds is 6. The normalized spacial score (nSPS) is 18.9. The Morgan fingerprint density at radius 2 is 2.15 bits per heavy atom. The van der Waals surface area contributed by atoms with Gasteiger partial charge in [0, 0.05) is 17.2 Å².